The minimum absolute atomic E-state index is 0.0599. The first-order valence-corrected chi connectivity index (χ1v) is 11.2. The van der Waals surface area contributed by atoms with Crippen LogP contribution in [0.2, 0.25) is 5.02 Å². The predicted octanol–water partition coefficient (Wildman–Crippen LogP) is 3.18. The fraction of sp³-hybridized carbons (Fsp3) is 0.348. The van der Waals surface area contributed by atoms with Gasteiger partial charge in [-0.2, -0.15) is 0 Å². The smallest absolute Gasteiger partial charge is 0.264 e. The van der Waals surface area contributed by atoms with Gasteiger partial charge in [-0.05, 0) is 61.6 Å². The summed E-state index contributed by atoms with van der Waals surface area (Å²) in [5.41, 5.74) is 2.15. The maximum Gasteiger partial charge on any atom is 0.264 e. The summed E-state index contributed by atoms with van der Waals surface area (Å²) >= 11 is 11.5. The normalized spacial score (nSPS) is 14.0. The van der Waals surface area contributed by atoms with E-state index in [1.54, 1.807) is 18.2 Å². The standard InChI is InChI=1S/C23H27ClN4O3S/c1-3-16-4-7-18(8-5-16)31-15-21(29)26-23(32)25-20-14-17(6-9-19(20)24)22(30)28-12-10-27(2)11-13-28/h4-9,14H,3,10-13,15H2,1-2H3,(H2,25,26,29,32). The maximum absolute atomic E-state index is 12.8. The largest absolute Gasteiger partial charge is 0.484 e. The fourth-order valence-electron chi connectivity index (χ4n) is 3.23. The molecule has 2 amide bonds. The predicted molar refractivity (Wildman–Crippen MR) is 131 cm³/mol. The van der Waals surface area contributed by atoms with Crippen molar-refractivity contribution in [2.75, 3.05) is 45.2 Å². The first kappa shape index (κ1) is 24.0. The lowest BCUT2D eigenvalue weighted by molar-refractivity contribution is -0.121. The molecule has 0 atom stereocenters. The second kappa shape index (κ2) is 11.3. The molecule has 1 aliphatic heterocycles. The number of hydrogen-bond acceptors (Lipinski definition) is 5. The van der Waals surface area contributed by atoms with Crippen molar-refractivity contribution < 1.29 is 14.3 Å². The molecule has 7 nitrogen and oxygen atoms in total. The number of ether oxygens (including phenoxy) is 1. The van der Waals surface area contributed by atoms with E-state index in [4.69, 9.17) is 28.6 Å². The van der Waals surface area contributed by atoms with Crippen LogP contribution in [-0.2, 0) is 11.2 Å². The third-order valence-electron chi connectivity index (χ3n) is 5.21. The van der Waals surface area contributed by atoms with E-state index < -0.39 is 5.91 Å². The Morgan fingerprint density at radius 1 is 1.09 bits per heavy atom. The van der Waals surface area contributed by atoms with Gasteiger partial charge >= 0.3 is 0 Å². The quantitative estimate of drug-likeness (QED) is 0.626. The average molecular weight is 475 g/mol. The fourth-order valence-corrected chi connectivity index (χ4v) is 3.62. The zero-order valence-electron chi connectivity index (χ0n) is 18.2. The highest BCUT2D eigenvalue weighted by molar-refractivity contribution is 7.80. The van der Waals surface area contributed by atoms with Gasteiger partial charge in [0.05, 0.1) is 10.7 Å². The SMILES string of the molecule is CCc1ccc(OCC(=O)NC(=S)Nc2cc(C(=O)N3CCN(C)CC3)ccc2Cl)cc1. The Balaban J connectivity index is 1.54. The van der Waals surface area contributed by atoms with Gasteiger partial charge in [-0.15, -0.1) is 0 Å². The summed E-state index contributed by atoms with van der Waals surface area (Å²) in [5.74, 6) is 0.146. The van der Waals surface area contributed by atoms with E-state index in [0.29, 0.717) is 35.1 Å². The molecule has 2 N–H and O–H groups in total. The summed E-state index contributed by atoms with van der Waals surface area (Å²) in [7, 11) is 2.04. The molecule has 32 heavy (non-hydrogen) atoms. The summed E-state index contributed by atoms with van der Waals surface area (Å²) in [5, 5.41) is 5.92. The van der Waals surface area contributed by atoms with Gasteiger partial charge in [-0.1, -0.05) is 30.7 Å². The second-order valence-electron chi connectivity index (χ2n) is 7.58. The summed E-state index contributed by atoms with van der Waals surface area (Å²) in [6.07, 6.45) is 0.936. The highest BCUT2D eigenvalue weighted by Crippen LogP contribution is 2.24. The molecule has 1 aliphatic rings. The molecule has 3 rings (SSSR count). The van der Waals surface area contributed by atoms with E-state index in [9.17, 15) is 9.59 Å². The van der Waals surface area contributed by atoms with Crippen LogP contribution in [0.4, 0.5) is 5.69 Å². The summed E-state index contributed by atoms with van der Waals surface area (Å²) in [6, 6.07) is 12.5. The first-order chi connectivity index (χ1) is 15.4. The van der Waals surface area contributed by atoms with Crippen molar-refractivity contribution in [3.8, 4) is 5.75 Å². The van der Waals surface area contributed by atoms with Crippen LogP contribution >= 0.6 is 23.8 Å². The number of halogens is 1. The summed E-state index contributed by atoms with van der Waals surface area (Å²) in [6.45, 7) is 4.92. The number of nitrogens with one attached hydrogen (secondary N) is 2. The van der Waals surface area contributed by atoms with Gasteiger partial charge in [-0.3, -0.25) is 14.9 Å². The number of carbonyl (C=O) groups is 2. The van der Waals surface area contributed by atoms with E-state index in [1.165, 1.54) is 5.56 Å². The molecule has 1 saturated heterocycles. The van der Waals surface area contributed by atoms with Crippen molar-refractivity contribution in [3.05, 3.63) is 58.6 Å². The van der Waals surface area contributed by atoms with Gasteiger partial charge in [0.2, 0.25) is 0 Å². The number of likely N-dealkylation sites (N-methyl/N-ethyl adjacent to an activating group) is 1. The topological polar surface area (TPSA) is 73.9 Å². The van der Waals surface area contributed by atoms with Gasteiger partial charge in [0.25, 0.3) is 11.8 Å². The number of rotatable bonds is 6. The van der Waals surface area contributed by atoms with Gasteiger partial charge < -0.3 is 19.9 Å². The number of carbonyl (C=O) groups excluding carboxylic acids is 2. The molecule has 9 heteroatoms. The Kier molecular flexibility index (Phi) is 8.44. The Hall–Kier alpha value is -2.68. The number of nitrogens with zero attached hydrogens (tertiary/aromatic N) is 2. The molecule has 170 valence electrons. The number of anilines is 1. The number of hydrogen-bond donors (Lipinski definition) is 2. The van der Waals surface area contributed by atoms with E-state index >= 15 is 0 Å². The van der Waals surface area contributed by atoms with Crippen LogP contribution in [0.3, 0.4) is 0 Å². The molecule has 0 saturated carbocycles. The third-order valence-corrected chi connectivity index (χ3v) is 5.74. The molecule has 0 unspecified atom stereocenters. The maximum atomic E-state index is 12.8. The number of aryl methyl sites for hydroxylation is 1. The van der Waals surface area contributed by atoms with Gasteiger partial charge in [0, 0.05) is 31.7 Å². The van der Waals surface area contributed by atoms with Crippen LogP contribution in [0.5, 0.6) is 5.75 Å². The molecule has 2 aromatic carbocycles. The first-order valence-electron chi connectivity index (χ1n) is 10.5. The van der Waals surface area contributed by atoms with Crippen LogP contribution in [-0.4, -0.2) is 66.6 Å². The zero-order valence-corrected chi connectivity index (χ0v) is 19.8. The number of thiocarbonyl (C=S) groups is 1. The number of piperazine rings is 1. The second-order valence-corrected chi connectivity index (χ2v) is 8.39. The molecule has 0 radical (unpaired) electrons. The van der Waals surface area contributed by atoms with Crippen molar-refractivity contribution in [2.45, 2.75) is 13.3 Å². The van der Waals surface area contributed by atoms with Crippen LogP contribution in [0.1, 0.15) is 22.8 Å². The van der Waals surface area contributed by atoms with E-state index in [2.05, 4.69) is 22.5 Å². The molecule has 1 heterocycles. The average Bonchev–Trinajstić information content (AvgIpc) is 2.79. The van der Waals surface area contributed by atoms with Crippen molar-refractivity contribution in [3.63, 3.8) is 0 Å². The van der Waals surface area contributed by atoms with E-state index in [1.807, 2.05) is 36.2 Å². The molecule has 2 aromatic rings. The van der Waals surface area contributed by atoms with Gasteiger partial charge in [0.1, 0.15) is 5.75 Å². The minimum atomic E-state index is -0.400. The summed E-state index contributed by atoms with van der Waals surface area (Å²) < 4.78 is 5.49. The van der Waals surface area contributed by atoms with Crippen molar-refractivity contribution in [1.29, 1.82) is 0 Å². The van der Waals surface area contributed by atoms with Crippen LogP contribution in [0.15, 0.2) is 42.5 Å². The monoisotopic (exact) mass is 474 g/mol. The lowest BCUT2D eigenvalue weighted by atomic mass is 10.1. The van der Waals surface area contributed by atoms with Crippen LogP contribution in [0, 0.1) is 0 Å². The Morgan fingerprint density at radius 2 is 1.78 bits per heavy atom. The molecule has 0 aromatic heterocycles. The molecular formula is C23H27ClN4O3S. The van der Waals surface area contributed by atoms with Crippen LogP contribution in [0.25, 0.3) is 0 Å². The molecule has 0 aliphatic carbocycles. The van der Waals surface area contributed by atoms with Crippen molar-refractivity contribution >= 4 is 46.4 Å². The van der Waals surface area contributed by atoms with Crippen LogP contribution < -0.4 is 15.4 Å². The lowest BCUT2D eigenvalue weighted by Crippen LogP contribution is -2.47. The molecule has 0 bridgehead atoms. The Morgan fingerprint density at radius 3 is 2.44 bits per heavy atom. The molecule has 1 fully saturated rings. The van der Waals surface area contributed by atoms with E-state index in [-0.39, 0.29) is 17.6 Å². The van der Waals surface area contributed by atoms with E-state index in [0.717, 1.165) is 19.5 Å². The van der Waals surface area contributed by atoms with Gasteiger partial charge in [0.15, 0.2) is 11.7 Å². The highest BCUT2D eigenvalue weighted by Gasteiger charge is 2.21. The molecule has 0 spiro atoms. The third kappa shape index (κ3) is 6.66. The van der Waals surface area contributed by atoms with Crippen molar-refractivity contribution in [2.24, 2.45) is 0 Å². The Bertz CT molecular complexity index is 976. The minimum Gasteiger partial charge on any atom is -0.484 e. The van der Waals surface area contributed by atoms with Crippen molar-refractivity contribution in [1.82, 2.24) is 15.1 Å². The number of amides is 2. The molecular weight excluding hydrogens is 448 g/mol. The van der Waals surface area contributed by atoms with Gasteiger partial charge in [-0.25, -0.2) is 0 Å². The number of benzene rings is 2. The Labute approximate surface area is 198 Å². The highest BCUT2D eigenvalue weighted by atomic mass is 35.5. The summed E-state index contributed by atoms with van der Waals surface area (Å²) in [4.78, 5) is 29.0. The zero-order chi connectivity index (χ0) is 23.1. The lowest BCUT2D eigenvalue weighted by Gasteiger charge is -2.32.